The summed E-state index contributed by atoms with van der Waals surface area (Å²) in [6.07, 6.45) is 2.42. The number of esters is 1. The molecule has 0 fully saturated rings. The molecule has 0 saturated heterocycles. The Morgan fingerprint density at radius 2 is 1.68 bits per heavy atom. The molecule has 0 radical (unpaired) electrons. The molecule has 19 heavy (non-hydrogen) atoms. The highest BCUT2D eigenvalue weighted by Gasteiger charge is 2.37. The molecular formula is C13H14O6. The number of hydrogen-bond donors (Lipinski definition) is 1. The van der Waals surface area contributed by atoms with E-state index in [1.165, 1.54) is 39.5 Å². The van der Waals surface area contributed by atoms with E-state index in [9.17, 15) is 9.90 Å². The van der Waals surface area contributed by atoms with E-state index >= 15 is 0 Å². The molecule has 0 aromatic heterocycles. The summed E-state index contributed by atoms with van der Waals surface area (Å²) in [6.45, 7) is 0. The Hall–Kier alpha value is -2.21. The molecule has 6 nitrogen and oxygen atoms in total. The Kier molecular flexibility index (Phi) is 3.35. The molecule has 0 aliphatic carbocycles. The van der Waals surface area contributed by atoms with Gasteiger partial charge in [-0.15, -0.1) is 0 Å². The molecule has 0 amide bonds. The number of methoxy groups -OCH3 is 3. The van der Waals surface area contributed by atoms with Gasteiger partial charge in [0.05, 0.1) is 21.3 Å². The van der Waals surface area contributed by atoms with Gasteiger partial charge >= 0.3 is 5.97 Å². The summed E-state index contributed by atoms with van der Waals surface area (Å²) in [4.78, 5) is 11.1. The van der Waals surface area contributed by atoms with Crippen LogP contribution in [0.25, 0.3) is 0 Å². The van der Waals surface area contributed by atoms with Crippen LogP contribution in [-0.4, -0.2) is 32.4 Å². The number of aliphatic hydroxyl groups is 1. The smallest absolute Gasteiger partial charge is 0.333 e. The average molecular weight is 266 g/mol. The average Bonchev–Trinajstić information content (AvgIpc) is 2.77. The van der Waals surface area contributed by atoms with E-state index in [0.717, 1.165) is 6.08 Å². The molecule has 1 N–H and O–H groups in total. The molecular weight excluding hydrogens is 252 g/mol. The lowest BCUT2D eigenvalue weighted by Crippen LogP contribution is -2.24. The summed E-state index contributed by atoms with van der Waals surface area (Å²) < 4.78 is 20.4. The van der Waals surface area contributed by atoms with Crippen LogP contribution in [0.3, 0.4) is 0 Å². The van der Waals surface area contributed by atoms with Gasteiger partial charge in [-0.3, -0.25) is 0 Å². The summed E-state index contributed by atoms with van der Waals surface area (Å²) in [7, 11) is 4.40. The number of carbonyl (C=O) groups excluding carboxylic acids is 1. The van der Waals surface area contributed by atoms with E-state index in [-0.39, 0.29) is 0 Å². The lowest BCUT2D eigenvalue weighted by molar-refractivity contribution is -0.181. The second-order valence-corrected chi connectivity index (χ2v) is 3.86. The van der Waals surface area contributed by atoms with Crippen molar-refractivity contribution in [2.75, 3.05) is 21.3 Å². The summed E-state index contributed by atoms with van der Waals surface area (Å²) >= 11 is 0. The van der Waals surface area contributed by atoms with Crippen LogP contribution in [0.4, 0.5) is 0 Å². The lowest BCUT2D eigenvalue weighted by atomic mass is 10.0. The number of cyclic esters (lactones) is 1. The van der Waals surface area contributed by atoms with Crippen molar-refractivity contribution >= 4 is 5.97 Å². The molecule has 1 unspecified atom stereocenters. The minimum Gasteiger partial charge on any atom is -0.493 e. The van der Waals surface area contributed by atoms with Crippen molar-refractivity contribution < 1.29 is 28.8 Å². The van der Waals surface area contributed by atoms with E-state index in [2.05, 4.69) is 0 Å². The maximum absolute atomic E-state index is 11.1. The van der Waals surface area contributed by atoms with Crippen molar-refractivity contribution in [3.05, 3.63) is 29.8 Å². The molecule has 0 saturated carbocycles. The van der Waals surface area contributed by atoms with E-state index in [1.54, 1.807) is 0 Å². The van der Waals surface area contributed by atoms with Crippen LogP contribution in [-0.2, 0) is 15.3 Å². The predicted molar refractivity (Wildman–Crippen MR) is 65.2 cm³/mol. The van der Waals surface area contributed by atoms with Crippen LogP contribution in [0.15, 0.2) is 24.3 Å². The van der Waals surface area contributed by atoms with E-state index in [1.807, 2.05) is 0 Å². The first-order valence-corrected chi connectivity index (χ1v) is 5.49. The third-order valence-electron chi connectivity index (χ3n) is 2.78. The molecule has 2 rings (SSSR count). The van der Waals surface area contributed by atoms with E-state index in [0.29, 0.717) is 22.8 Å². The summed E-state index contributed by atoms with van der Waals surface area (Å²) in [6, 6.07) is 3.04. The zero-order chi connectivity index (χ0) is 14.0. The summed E-state index contributed by atoms with van der Waals surface area (Å²) in [5.74, 6) is -1.31. The Labute approximate surface area is 110 Å². The molecule has 102 valence electrons. The van der Waals surface area contributed by atoms with Gasteiger partial charge in [-0.05, 0) is 18.2 Å². The Morgan fingerprint density at radius 1 is 1.11 bits per heavy atom. The first kappa shape index (κ1) is 13.2. The molecule has 1 heterocycles. The molecule has 0 spiro atoms. The zero-order valence-electron chi connectivity index (χ0n) is 10.8. The molecule has 1 atom stereocenters. The molecule has 6 heteroatoms. The summed E-state index contributed by atoms with van der Waals surface area (Å²) in [5.41, 5.74) is 0.309. The highest BCUT2D eigenvalue weighted by atomic mass is 16.7. The first-order chi connectivity index (χ1) is 9.04. The Morgan fingerprint density at radius 3 is 2.05 bits per heavy atom. The Bertz CT molecular complexity index is 511. The predicted octanol–water partition coefficient (Wildman–Crippen LogP) is 0.970. The number of carbonyl (C=O) groups is 1. The van der Waals surface area contributed by atoms with Crippen LogP contribution in [0.1, 0.15) is 5.56 Å². The van der Waals surface area contributed by atoms with Gasteiger partial charge in [0.15, 0.2) is 11.5 Å². The lowest BCUT2D eigenvalue weighted by Gasteiger charge is -2.22. The fourth-order valence-electron chi connectivity index (χ4n) is 1.85. The molecule has 1 aliphatic heterocycles. The summed E-state index contributed by atoms with van der Waals surface area (Å²) in [5, 5.41) is 10.3. The van der Waals surface area contributed by atoms with Crippen molar-refractivity contribution in [1.29, 1.82) is 0 Å². The maximum Gasteiger partial charge on any atom is 0.333 e. The van der Waals surface area contributed by atoms with Gasteiger partial charge in [-0.2, -0.15) is 0 Å². The van der Waals surface area contributed by atoms with Gasteiger partial charge in [-0.1, -0.05) is 0 Å². The van der Waals surface area contributed by atoms with Gasteiger partial charge in [0.1, 0.15) is 0 Å². The van der Waals surface area contributed by atoms with Gasteiger partial charge in [0.2, 0.25) is 5.75 Å². The second kappa shape index (κ2) is 4.81. The van der Waals surface area contributed by atoms with Crippen molar-refractivity contribution in [3.8, 4) is 17.2 Å². The Balaban J connectivity index is 2.53. The molecule has 0 bridgehead atoms. The molecule has 1 aromatic rings. The molecule has 1 aliphatic rings. The molecule has 1 aromatic carbocycles. The van der Waals surface area contributed by atoms with Crippen LogP contribution in [0.5, 0.6) is 17.2 Å². The monoisotopic (exact) mass is 266 g/mol. The van der Waals surface area contributed by atoms with Crippen LogP contribution < -0.4 is 14.2 Å². The van der Waals surface area contributed by atoms with Gasteiger partial charge in [0.25, 0.3) is 5.79 Å². The van der Waals surface area contributed by atoms with Gasteiger partial charge in [-0.25, -0.2) is 4.79 Å². The van der Waals surface area contributed by atoms with Crippen LogP contribution in [0.2, 0.25) is 0 Å². The first-order valence-electron chi connectivity index (χ1n) is 5.49. The topological polar surface area (TPSA) is 74.2 Å². The standard InChI is InChI=1S/C13H14O6/c1-16-9-6-8(7-10(17-2)12(9)18-3)13(15)5-4-11(14)19-13/h4-7,15H,1-3H3. The highest BCUT2D eigenvalue weighted by molar-refractivity contribution is 5.85. The second-order valence-electron chi connectivity index (χ2n) is 3.86. The SMILES string of the molecule is COc1cc(C2(O)C=CC(=O)O2)cc(OC)c1OC. The minimum absolute atomic E-state index is 0.309. The maximum atomic E-state index is 11.1. The fraction of sp³-hybridized carbons (Fsp3) is 0.308. The van der Waals surface area contributed by atoms with Crippen molar-refractivity contribution in [3.63, 3.8) is 0 Å². The quantitative estimate of drug-likeness (QED) is 0.818. The largest absolute Gasteiger partial charge is 0.493 e. The number of hydrogen-bond acceptors (Lipinski definition) is 6. The van der Waals surface area contributed by atoms with Crippen molar-refractivity contribution in [1.82, 2.24) is 0 Å². The van der Waals surface area contributed by atoms with Crippen molar-refractivity contribution in [2.24, 2.45) is 0 Å². The fourth-order valence-corrected chi connectivity index (χ4v) is 1.85. The third kappa shape index (κ3) is 2.22. The van der Waals surface area contributed by atoms with Gasteiger partial charge in [0, 0.05) is 11.6 Å². The van der Waals surface area contributed by atoms with Crippen LogP contribution in [0, 0.1) is 0 Å². The number of ether oxygens (including phenoxy) is 4. The normalized spacial score (nSPS) is 21.2. The van der Waals surface area contributed by atoms with E-state index < -0.39 is 11.8 Å². The van der Waals surface area contributed by atoms with Gasteiger partial charge < -0.3 is 24.1 Å². The highest BCUT2D eigenvalue weighted by Crippen LogP contribution is 2.42. The van der Waals surface area contributed by atoms with Crippen molar-refractivity contribution in [2.45, 2.75) is 5.79 Å². The number of rotatable bonds is 4. The van der Waals surface area contributed by atoms with Crippen LogP contribution >= 0.6 is 0 Å². The van der Waals surface area contributed by atoms with E-state index in [4.69, 9.17) is 18.9 Å². The number of benzene rings is 1. The third-order valence-corrected chi connectivity index (χ3v) is 2.78. The minimum atomic E-state index is -1.82. The zero-order valence-corrected chi connectivity index (χ0v) is 10.8.